The van der Waals surface area contributed by atoms with Gasteiger partial charge in [0, 0.05) is 4.47 Å². The van der Waals surface area contributed by atoms with Gasteiger partial charge in [-0.25, -0.2) is 4.79 Å². The van der Waals surface area contributed by atoms with Gasteiger partial charge in [0.1, 0.15) is 6.61 Å². The van der Waals surface area contributed by atoms with E-state index in [2.05, 4.69) is 31.9 Å². The number of hydrogen-bond acceptors (Lipinski definition) is 4. The predicted molar refractivity (Wildman–Crippen MR) is 84.0 cm³/mol. The summed E-state index contributed by atoms with van der Waals surface area (Å²) in [7, 11) is 1.47. The Morgan fingerprint density at radius 2 is 2.10 bits per heavy atom. The molecule has 0 fully saturated rings. The smallest absolute Gasteiger partial charge is 0.335 e. The maximum atomic E-state index is 11.0. The lowest BCUT2D eigenvalue weighted by atomic mass is 10.2. The molecular formula is C13H10Br2O4S. The number of carbonyl (C=O) groups is 1. The Morgan fingerprint density at radius 3 is 2.65 bits per heavy atom. The molecule has 7 heteroatoms. The molecular weight excluding hydrogens is 412 g/mol. The van der Waals surface area contributed by atoms with E-state index in [-0.39, 0.29) is 5.56 Å². The Bertz CT molecular complexity index is 639. The van der Waals surface area contributed by atoms with Crippen molar-refractivity contribution in [1.82, 2.24) is 0 Å². The van der Waals surface area contributed by atoms with Crippen LogP contribution in [-0.2, 0) is 6.61 Å². The van der Waals surface area contributed by atoms with Crippen LogP contribution in [-0.4, -0.2) is 18.2 Å². The van der Waals surface area contributed by atoms with E-state index in [1.165, 1.54) is 19.2 Å². The SMILES string of the molecule is COc1cc(C(=O)O)cc(Br)c1OCc1sccc1Br. The van der Waals surface area contributed by atoms with Crippen molar-refractivity contribution in [2.24, 2.45) is 0 Å². The van der Waals surface area contributed by atoms with Crippen LogP contribution in [0.25, 0.3) is 0 Å². The lowest BCUT2D eigenvalue weighted by molar-refractivity contribution is 0.0696. The van der Waals surface area contributed by atoms with Crippen LogP contribution in [0.3, 0.4) is 0 Å². The number of methoxy groups -OCH3 is 1. The topological polar surface area (TPSA) is 55.8 Å². The molecule has 4 nitrogen and oxygen atoms in total. The second kappa shape index (κ2) is 6.60. The Hall–Kier alpha value is -1.05. The summed E-state index contributed by atoms with van der Waals surface area (Å²) in [6.07, 6.45) is 0. The van der Waals surface area contributed by atoms with Gasteiger partial charge in [-0.1, -0.05) is 0 Å². The Morgan fingerprint density at radius 1 is 1.35 bits per heavy atom. The summed E-state index contributed by atoms with van der Waals surface area (Å²) >= 11 is 8.32. The van der Waals surface area contributed by atoms with Gasteiger partial charge >= 0.3 is 5.97 Å². The largest absolute Gasteiger partial charge is 0.493 e. The van der Waals surface area contributed by atoms with Crippen molar-refractivity contribution in [3.8, 4) is 11.5 Å². The lowest BCUT2D eigenvalue weighted by Gasteiger charge is -2.13. The maximum Gasteiger partial charge on any atom is 0.335 e. The highest BCUT2D eigenvalue weighted by atomic mass is 79.9. The monoisotopic (exact) mass is 420 g/mol. The van der Waals surface area contributed by atoms with Crippen LogP contribution < -0.4 is 9.47 Å². The molecule has 0 saturated heterocycles. The van der Waals surface area contributed by atoms with Gasteiger partial charge in [-0.3, -0.25) is 0 Å². The molecule has 0 amide bonds. The quantitative estimate of drug-likeness (QED) is 0.768. The van der Waals surface area contributed by atoms with E-state index in [1.54, 1.807) is 11.3 Å². The minimum absolute atomic E-state index is 0.137. The summed E-state index contributed by atoms with van der Waals surface area (Å²) in [6.45, 7) is 0.375. The normalized spacial score (nSPS) is 10.3. The van der Waals surface area contributed by atoms with Gasteiger partial charge in [-0.15, -0.1) is 11.3 Å². The van der Waals surface area contributed by atoms with E-state index in [0.717, 1.165) is 9.35 Å². The first kappa shape index (κ1) is 15.3. The van der Waals surface area contributed by atoms with Crippen molar-refractivity contribution in [2.45, 2.75) is 6.61 Å². The number of halogens is 2. The summed E-state index contributed by atoms with van der Waals surface area (Å²) < 4.78 is 12.5. The molecule has 0 radical (unpaired) electrons. The standard InChI is InChI=1S/C13H10Br2O4S/c1-18-10-5-7(13(16)17)4-9(15)12(10)19-6-11-8(14)2-3-20-11/h2-5H,6H2,1H3,(H,16,17). The van der Waals surface area contributed by atoms with Crippen molar-refractivity contribution in [1.29, 1.82) is 0 Å². The molecule has 0 aliphatic carbocycles. The van der Waals surface area contributed by atoms with Crippen LogP contribution in [0.4, 0.5) is 0 Å². The van der Waals surface area contributed by atoms with Gasteiger partial charge in [0.2, 0.25) is 0 Å². The molecule has 1 heterocycles. The zero-order valence-corrected chi connectivity index (χ0v) is 14.3. The number of hydrogen-bond donors (Lipinski definition) is 1. The molecule has 106 valence electrons. The number of thiophene rings is 1. The third kappa shape index (κ3) is 3.34. The van der Waals surface area contributed by atoms with E-state index in [9.17, 15) is 4.79 Å². The molecule has 0 atom stereocenters. The summed E-state index contributed by atoms with van der Waals surface area (Å²) in [5, 5.41) is 11.0. The Kier molecular flexibility index (Phi) is 5.06. The molecule has 0 bridgehead atoms. The van der Waals surface area contributed by atoms with Gasteiger partial charge in [-0.2, -0.15) is 0 Å². The number of benzene rings is 1. The third-order valence-corrected chi connectivity index (χ3v) is 5.00. The number of aromatic carboxylic acids is 1. The Balaban J connectivity index is 2.27. The van der Waals surface area contributed by atoms with E-state index < -0.39 is 5.97 Å². The highest BCUT2D eigenvalue weighted by Gasteiger charge is 2.15. The highest BCUT2D eigenvalue weighted by Crippen LogP contribution is 2.38. The molecule has 2 aromatic rings. The van der Waals surface area contributed by atoms with Crippen LogP contribution in [0.5, 0.6) is 11.5 Å². The van der Waals surface area contributed by atoms with E-state index in [0.29, 0.717) is 22.6 Å². The average molecular weight is 422 g/mol. The fourth-order valence-electron chi connectivity index (χ4n) is 1.55. The van der Waals surface area contributed by atoms with Gasteiger partial charge in [0.25, 0.3) is 0 Å². The second-order valence-corrected chi connectivity index (χ2v) is 6.48. The highest BCUT2D eigenvalue weighted by molar-refractivity contribution is 9.10. The first-order valence-electron chi connectivity index (χ1n) is 5.48. The summed E-state index contributed by atoms with van der Waals surface area (Å²) in [6, 6.07) is 4.87. The molecule has 1 aromatic carbocycles. The van der Waals surface area contributed by atoms with E-state index in [1.807, 2.05) is 11.4 Å². The van der Waals surface area contributed by atoms with Gasteiger partial charge in [0.15, 0.2) is 11.5 Å². The van der Waals surface area contributed by atoms with Crippen molar-refractivity contribution >= 4 is 49.2 Å². The Labute approximate surface area is 136 Å². The first-order chi connectivity index (χ1) is 9.52. The zero-order chi connectivity index (χ0) is 14.7. The third-order valence-electron chi connectivity index (χ3n) is 2.52. The summed E-state index contributed by atoms with van der Waals surface area (Å²) in [4.78, 5) is 12.0. The average Bonchev–Trinajstić information content (AvgIpc) is 2.82. The molecule has 2 rings (SSSR count). The van der Waals surface area contributed by atoms with Gasteiger partial charge in [-0.05, 0) is 55.4 Å². The molecule has 1 aromatic heterocycles. The minimum Gasteiger partial charge on any atom is -0.493 e. The molecule has 0 saturated carbocycles. The number of rotatable bonds is 5. The maximum absolute atomic E-state index is 11.0. The first-order valence-corrected chi connectivity index (χ1v) is 7.95. The minimum atomic E-state index is -1.02. The van der Waals surface area contributed by atoms with Crippen molar-refractivity contribution < 1.29 is 19.4 Å². The summed E-state index contributed by atoms with van der Waals surface area (Å²) in [5.41, 5.74) is 0.137. The number of ether oxygens (including phenoxy) is 2. The molecule has 0 aliphatic heterocycles. The van der Waals surface area contributed by atoms with E-state index in [4.69, 9.17) is 14.6 Å². The van der Waals surface area contributed by atoms with Crippen molar-refractivity contribution in [3.63, 3.8) is 0 Å². The molecule has 0 unspecified atom stereocenters. The van der Waals surface area contributed by atoms with Crippen LogP contribution in [0.2, 0.25) is 0 Å². The predicted octanol–water partition coefficient (Wildman–Crippen LogP) is 4.56. The number of carboxylic acid groups (broad SMARTS) is 1. The number of carboxylic acids is 1. The van der Waals surface area contributed by atoms with Crippen LogP contribution in [0.15, 0.2) is 32.5 Å². The van der Waals surface area contributed by atoms with E-state index >= 15 is 0 Å². The van der Waals surface area contributed by atoms with Crippen molar-refractivity contribution in [2.75, 3.05) is 7.11 Å². The molecule has 1 N–H and O–H groups in total. The van der Waals surface area contributed by atoms with Crippen LogP contribution in [0.1, 0.15) is 15.2 Å². The zero-order valence-electron chi connectivity index (χ0n) is 10.4. The molecule has 0 spiro atoms. The van der Waals surface area contributed by atoms with Crippen molar-refractivity contribution in [3.05, 3.63) is 43.0 Å². The molecule has 20 heavy (non-hydrogen) atoms. The fraction of sp³-hybridized carbons (Fsp3) is 0.154. The fourth-order valence-corrected chi connectivity index (χ4v) is 3.48. The lowest BCUT2D eigenvalue weighted by Crippen LogP contribution is -2.01. The molecule has 0 aliphatic rings. The van der Waals surface area contributed by atoms with Crippen LogP contribution >= 0.6 is 43.2 Å². The van der Waals surface area contributed by atoms with Gasteiger partial charge in [0.05, 0.1) is 22.0 Å². The second-order valence-electron chi connectivity index (χ2n) is 3.77. The van der Waals surface area contributed by atoms with Gasteiger partial charge < -0.3 is 14.6 Å². The van der Waals surface area contributed by atoms with Crippen LogP contribution in [0, 0.1) is 0 Å². The summed E-state index contributed by atoms with van der Waals surface area (Å²) in [5.74, 6) is -0.154.